The Bertz CT molecular complexity index is 954. The first-order chi connectivity index (χ1) is 11.5. The van der Waals surface area contributed by atoms with Crippen LogP contribution in [0.3, 0.4) is 0 Å². The van der Waals surface area contributed by atoms with Crippen LogP contribution >= 0.6 is 11.3 Å². The smallest absolute Gasteiger partial charge is 0.241 e. The summed E-state index contributed by atoms with van der Waals surface area (Å²) in [6, 6.07) is 7.49. The van der Waals surface area contributed by atoms with Crippen molar-refractivity contribution in [2.24, 2.45) is 0 Å². The maximum Gasteiger partial charge on any atom is 0.241 e. The molecule has 124 valence electrons. The van der Waals surface area contributed by atoms with E-state index in [1.165, 1.54) is 12.1 Å². The number of nitrogens with zero attached hydrogens (tertiary/aromatic N) is 1. The lowest BCUT2D eigenvalue weighted by atomic mass is 10.1. The van der Waals surface area contributed by atoms with Crippen molar-refractivity contribution in [3.05, 3.63) is 70.4 Å². The number of thiophene rings is 1. The van der Waals surface area contributed by atoms with Crippen LogP contribution in [0.15, 0.2) is 58.4 Å². The van der Waals surface area contributed by atoms with E-state index in [9.17, 15) is 12.8 Å². The molecule has 0 saturated heterocycles. The van der Waals surface area contributed by atoms with E-state index in [2.05, 4.69) is 9.71 Å². The molecular formula is C17H15FN2O2S2. The molecule has 2 heterocycles. The number of sulfonamides is 1. The number of nitrogens with one attached hydrogen (secondary N) is 1. The van der Waals surface area contributed by atoms with Gasteiger partial charge in [0.15, 0.2) is 0 Å². The third-order valence-corrected chi connectivity index (χ3v) is 5.79. The molecule has 2 aromatic heterocycles. The van der Waals surface area contributed by atoms with Gasteiger partial charge in [-0.3, -0.25) is 4.98 Å². The van der Waals surface area contributed by atoms with Gasteiger partial charge in [0.05, 0.1) is 4.90 Å². The maximum absolute atomic E-state index is 13.1. The molecule has 3 aromatic rings. The van der Waals surface area contributed by atoms with Gasteiger partial charge in [-0.1, -0.05) is 0 Å². The van der Waals surface area contributed by atoms with E-state index < -0.39 is 15.8 Å². The molecule has 1 aromatic carbocycles. The van der Waals surface area contributed by atoms with Crippen LogP contribution in [-0.2, 0) is 16.6 Å². The standard InChI is InChI=1S/C17H15FN2O2S2/c1-12-6-16(18)2-3-17(12)24(21,22)20-9-13-7-15(10-19-8-13)14-4-5-23-11-14/h2-8,10-11,20H,9H2,1H3. The van der Waals surface area contributed by atoms with Gasteiger partial charge in [0.25, 0.3) is 0 Å². The van der Waals surface area contributed by atoms with Crippen LogP contribution in [0.25, 0.3) is 11.1 Å². The molecule has 0 bridgehead atoms. The molecule has 0 aliphatic heterocycles. The summed E-state index contributed by atoms with van der Waals surface area (Å²) in [6.45, 7) is 1.68. The van der Waals surface area contributed by atoms with E-state index >= 15 is 0 Å². The van der Waals surface area contributed by atoms with Crippen molar-refractivity contribution in [1.82, 2.24) is 9.71 Å². The first-order valence-corrected chi connectivity index (χ1v) is 9.60. The van der Waals surface area contributed by atoms with Gasteiger partial charge in [-0.15, -0.1) is 0 Å². The molecule has 0 unspecified atom stereocenters. The van der Waals surface area contributed by atoms with E-state index in [4.69, 9.17) is 0 Å². The Morgan fingerprint density at radius 3 is 2.71 bits per heavy atom. The average molecular weight is 362 g/mol. The van der Waals surface area contributed by atoms with Crippen LogP contribution in [0, 0.1) is 12.7 Å². The van der Waals surface area contributed by atoms with Crippen molar-refractivity contribution >= 4 is 21.4 Å². The molecule has 0 saturated carbocycles. The Labute approximate surface area is 144 Å². The summed E-state index contributed by atoms with van der Waals surface area (Å²) in [6.07, 6.45) is 3.36. The number of rotatable bonds is 5. The lowest BCUT2D eigenvalue weighted by Crippen LogP contribution is -2.24. The van der Waals surface area contributed by atoms with Crippen LogP contribution in [0.4, 0.5) is 4.39 Å². The summed E-state index contributed by atoms with van der Waals surface area (Å²) in [4.78, 5) is 4.24. The third-order valence-electron chi connectivity index (χ3n) is 3.54. The number of hydrogen-bond acceptors (Lipinski definition) is 4. The molecule has 1 N–H and O–H groups in total. The monoisotopic (exact) mass is 362 g/mol. The van der Waals surface area contributed by atoms with Gasteiger partial charge < -0.3 is 0 Å². The summed E-state index contributed by atoms with van der Waals surface area (Å²) in [5, 5.41) is 3.98. The van der Waals surface area contributed by atoms with E-state index in [1.807, 2.05) is 22.9 Å². The number of aromatic nitrogens is 1. The molecule has 0 fully saturated rings. The van der Waals surface area contributed by atoms with E-state index in [0.29, 0.717) is 5.56 Å². The highest BCUT2D eigenvalue weighted by atomic mass is 32.2. The van der Waals surface area contributed by atoms with Gasteiger partial charge >= 0.3 is 0 Å². The zero-order valence-corrected chi connectivity index (χ0v) is 14.5. The Morgan fingerprint density at radius 2 is 2.00 bits per heavy atom. The molecule has 0 aliphatic carbocycles. The number of aryl methyl sites for hydroxylation is 1. The fourth-order valence-corrected chi connectivity index (χ4v) is 4.25. The Morgan fingerprint density at radius 1 is 1.17 bits per heavy atom. The molecule has 3 rings (SSSR count). The lowest BCUT2D eigenvalue weighted by Gasteiger charge is -2.10. The molecule has 0 spiro atoms. The fourth-order valence-electron chi connectivity index (χ4n) is 2.34. The second kappa shape index (κ2) is 6.80. The van der Waals surface area contributed by atoms with Gasteiger partial charge in [0.1, 0.15) is 5.82 Å². The number of halogens is 1. The first kappa shape index (κ1) is 16.8. The lowest BCUT2D eigenvalue weighted by molar-refractivity contribution is 0.579. The minimum atomic E-state index is -3.71. The van der Waals surface area contributed by atoms with Crippen molar-refractivity contribution in [2.75, 3.05) is 0 Å². The van der Waals surface area contributed by atoms with E-state index in [1.54, 1.807) is 30.7 Å². The number of hydrogen-bond donors (Lipinski definition) is 1. The Balaban J connectivity index is 1.79. The second-order valence-corrected chi connectivity index (χ2v) is 7.84. The van der Waals surface area contributed by atoms with Crippen molar-refractivity contribution in [3.8, 4) is 11.1 Å². The maximum atomic E-state index is 13.1. The predicted molar refractivity (Wildman–Crippen MR) is 92.7 cm³/mol. The van der Waals surface area contributed by atoms with Crippen LogP contribution in [0.5, 0.6) is 0 Å². The summed E-state index contributed by atoms with van der Waals surface area (Å²) >= 11 is 1.59. The average Bonchev–Trinajstić information content (AvgIpc) is 3.07. The molecule has 4 nitrogen and oxygen atoms in total. The van der Waals surface area contributed by atoms with Crippen LogP contribution in [0.1, 0.15) is 11.1 Å². The molecule has 0 atom stereocenters. The molecule has 7 heteroatoms. The zero-order chi connectivity index (χ0) is 17.2. The third kappa shape index (κ3) is 3.69. The molecule has 0 radical (unpaired) electrons. The normalized spacial score (nSPS) is 11.6. The quantitative estimate of drug-likeness (QED) is 0.752. The van der Waals surface area contributed by atoms with Crippen LogP contribution in [-0.4, -0.2) is 13.4 Å². The predicted octanol–water partition coefficient (Wildman–Crippen LogP) is 3.74. The van der Waals surface area contributed by atoms with Crippen molar-refractivity contribution in [1.29, 1.82) is 0 Å². The molecular weight excluding hydrogens is 347 g/mol. The minimum Gasteiger partial charge on any atom is -0.264 e. The highest BCUT2D eigenvalue weighted by Crippen LogP contribution is 2.22. The molecule has 24 heavy (non-hydrogen) atoms. The number of pyridine rings is 1. The first-order valence-electron chi connectivity index (χ1n) is 7.18. The Kier molecular flexibility index (Phi) is 4.75. The summed E-state index contributed by atoms with van der Waals surface area (Å²) in [7, 11) is -3.71. The van der Waals surface area contributed by atoms with Gasteiger partial charge in [0, 0.05) is 24.5 Å². The zero-order valence-electron chi connectivity index (χ0n) is 12.9. The molecule has 0 aliphatic rings. The van der Waals surface area contributed by atoms with Gasteiger partial charge in [-0.2, -0.15) is 11.3 Å². The van der Waals surface area contributed by atoms with E-state index in [-0.39, 0.29) is 11.4 Å². The van der Waals surface area contributed by atoms with Gasteiger partial charge in [0.2, 0.25) is 10.0 Å². The summed E-state index contributed by atoms with van der Waals surface area (Å²) < 4.78 is 40.5. The second-order valence-electron chi connectivity index (χ2n) is 5.33. The minimum absolute atomic E-state index is 0.0749. The molecule has 0 amide bonds. The van der Waals surface area contributed by atoms with Gasteiger partial charge in [-0.25, -0.2) is 17.5 Å². The summed E-state index contributed by atoms with van der Waals surface area (Å²) in [5.74, 6) is -0.459. The Hall–Kier alpha value is -2.09. The van der Waals surface area contributed by atoms with Crippen LogP contribution < -0.4 is 4.72 Å². The van der Waals surface area contributed by atoms with Crippen LogP contribution in [0.2, 0.25) is 0 Å². The SMILES string of the molecule is Cc1cc(F)ccc1S(=O)(=O)NCc1cncc(-c2ccsc2)c1. The van der Waals surface area contributed by atoms with Crippen molar-refractivity contribution in [3.63, 3.8) is 0 Å². The highest BCUT2D eigenvalue weighted by molar-refractivity contribution is 7.89. The van der Waals surface area contributed by atoms with Crippen molar-refractivity contribution < 1.29 is 12.8 Å². The highest BCUT2D eigenvalue weighted by Gasteiger charge is 2.17. The fraction of sp³-hybridized carbons (Fsp3) is 0.118. The van der Waals surface area contributed by atoms with Gasteiger partial charge in [-0.05, 0) is 64.7 Å². The van der Waals surface area contributed by atoms with Crippen molar-refractivity contribution in [2.45, 2.75) is 18.4 Å². The number of benzene rings is 1. The largest absolute Gasteiger partial charge is 0.264 e. The summed E-state index contributed by atoms with van der Waals surface area (Å²) in [5.41, 5.74) is 3.10. The topological polar surface area (TPSA) is 59.1 Å². The van der Waals surface area contributed by atoms with E-state index in [0.717, 1.165) is 22.8 Å².